The van der Waals surface area contributed by atoms with E-state index in [2.05, 4.69) is 25.7 Å². The van der Waals surface area contributed by atoms with Crippen LogP contribution in [-0.2, 0) is 10.2 Å². The molecule has 2 aromatic heterocycles. The molecule has 1 saturated carbocycles. The molecular weight excluding hydrogens is 404 g/mol. The third-order valence-electron chi connectivity index (χ3n) is 5.56. The molecule has 30 heavy (non-hydrogen) atoms. The van der Waals surface area contributed by atoms with Crippen molar-refractivity contribution >= 4 is 29.2 Å². The number of alkyl halides is 1. The van der Waals surface area contributed by atoms with Crippen LogP contribution in [0.4, 0.5) is 0 Å². The number of nitrogens with zero attached hydrogens (tertiary/aromatic N) is 4. The molecule has 0 saturated heterocycles. The van der Waals surface area contributed by atoms with Gasteiger partial charge in [-0.15, -0.1) is 16.7 Å². The van der Waals surface area contributed by atoms with Gasteiger partial charge in [-0.2, -0.15) is 4.98 Å². The summed E-state index contributed by atoms with van der Waals surface area (Å²) in [5.74, 6) is -0.0876. The standard InChI is InChI=1S/C21H23ClN6O2/c1-13-8-14(2)28-20(24-13)26-18(27-28)19(30)25-16-9-21(10-16,12-23-17(29)11-22)15-6-4-3-5-7-15/h3-8,16H,9-12H2,1-2H3,(H,23,29)(H,25,30). The van der Waals surface area contributed by atoms with Gasteiger partial charge in [-0.25, -0.2) is 9.50 Å². The van der Waals surface area contributed by atoms with E-state index in [1.165, 1.54) is 0 Å². The van der Waals surface area contributed by atoms with E-state index in [0.29, 0.717) is 25.2 Å². The molecule has 8 nitrogen and oxygen atoms in total. The summed E-state index contributed by atoms with van der Waals surface area (Å²) < 4.78 is 1.57. The predicted octanol–water partition coefficient (Wildman–Crippen LogP) is 1.93. The van der Waals surface area contributed by atoms with Crippen molar-refractivity contribution in [3.8, 4) is 0 Å². The van der Waals surface area contributed by atoms with Crippen LogP contribution < -0.4 is 10.6 Å². The van der Waals surface area contributed by atoms with Crippen molar-refractivity contribution in [1.29, 1.82) is 0 Å². The molecule has 2 amide bonds. The van der Waals surface area contributed by atoms with E-state index in [0.717, 1.165) is 17.0 Å². The van der Waals surface area contributed by atoms with Gasteiger partial charge in [-0.1, -0.05) is 30.3 Å². The normalized spacial score (nSPS) is 20.6. The Balaban J connectivity index is 1.47. The average molecular weight is 427 g/mol. The van der Waals surface area contributed by atoms with Crippen LogP contribution in [0, 0.1) is 13.8 Å². The van der Waals surface area contributed by atoms with Crippen molar-refractivity contribution < 1.29 is 9.59 Å². The summed E-state index contributed by atoms with van der Waals surface area (Å²) in [4.78, 5) is 33.0. The van der Waals surface area contributed by atoms with Gasteiger partial charge < -0.3 is 10.6 Å². The molecule has 0 bridgehead atoms. The Labute approximate surface area is 179 Å². The molecule has 1 aromatic carbocycles. The lowest BCUT2D eigenvalue weighted by Gasteiger charge is -2.48. The van der Waals surface area contributed by atoms with Crippen molar-refractivity contribution in [2.24, 2.45) is 0 Å². The molecule has 0 unspecified atom stereocenters. The first-order valence-electron chi connectivity index (χ1n) is 9.80. The van der Waals surface area contributed by atoms with Crippen molar-refractivity contribution in [1.82, 2.24) is 30.2 Å². The first kappa shape index (κ1) is 20.3. The minimum atomic E-state index is -0.325. The highest BCUT2D eigenvalue weighted by Gasteiger charge is 2.46. The predicted molar refractivity (Wildman–Crippen MR) is 113 cm³/mol. The lowest BCUT2D eigenvalue weighted by molar-refractivity contribution is -0.119. The molecule has 0 aliphatic heterocycles. The van der Waals surface area contributed by atoms with Crippen LogP contribution in [0.1, 0.15) is 40.4 Å². The maximum absolute atomic E-state index is 12.7. The van der Waals surface area contributed by atoms with Crippen molar-refractivity contribution in [3.05, 3.63) is 59.2 Å². The van der Waals surface area contributed by atoms with Crippen LogP contribution in [0.5, 0.6) is 0 Å². The molecule has 9 heteroatoms. The molecular formula is C21H23ClN6O2. The number of halogens is 1. The second kappa shape index (κ2) is 8.02. The number of hydrogen-bond donors (Lipinski definition) is 2. The minimum absolute atomic E-state index is 0.0342. The number of nitrogens with one attached hydrogen (secondary N) is 2. The number of amides is 2. The topological polar surface area (TPSA) is 101 Å². The Bertz CT molecular complexity index is 1090. The van der Waals surface area contributed by atoms with Gasteiger partial charge in [0.05, 0.1) is 0 Å². The van der Waals surface area contributed by atoms with Crippen LogP contribution in [0.25, 0.3) is 5.78 Å². The third kappa shape index (κ3) is 3.87. The van der Waals surface area contributed by atoms with Crippen LogP contribution in [0.3, 0.4) is 0 Å². The summed E-state index contributed by atoms with van der Waals surface area (Å²) in [6.45, 7) is 4.25. The Morgan fingerprint density at radius 2 is 1.93 bits per heavy atom. The summed E-state index contributed by atoms with van der Waals surface area (Å²) >= 11 is 5.62. The number of rotatable bonds is 6. The van der Waals surface area contributed by atoms with E-state index in [1.807, 2.05) is 50.2 Å². The maximum Gasteiger partial charge on any atom is 0.291 e. The first-order chi connectivity index (χ1) is 14.4. The summed E-state index contributed by atoms with van der Waals surface area (Å²) in [6, 6.07) is 11.9. The summed E-state index contributed by atoms with van der Waals surface area (Å²) in [5, 5.41) is 10.2. The molecule has 0 atom stereocenters. The van der Waals surface area contributed by atoms with E-state index in [-0.39, 0.29) is 35.0 Å². The van der Waals surface area contributed by atoms with Gasteiger partial charge in [0, 0.05) is 29.4 Å². The molecule has 1 aliphatic carbocycles. The van der Waals surface area contributed by atoms with Gasteiger partial charge in [0.1, 0.15) is 5.88 Å². The minimum Gasteiger partial charge on any atom is -0.354 e. The monoisotopic (exact) mass is 426 g/mol. The molecule has 2 heterocycles. The molecule has 0 radical (unpaired) electrons. The Hall–Kier alpha value is -3.00. The molecule has 0 spiro atoms. The quantitative estimate of drug-likeness (QED) is 0.586. The zero-order valence-electron chi connectivity index (χ0n) is 16.9. The fourth-order valence-electron chi connectivity index (χ4n) is 4.09. The molecule has 4 rings (SSSR count). The van der Waals surface area contributed by atoms with Crippen LogP contribution >= 0.6 is 11.6 Å². The molecule has 3 aromatic rings. The summed E-state index contributed by atoms with van der Waals surface area (Å²) in [6.07, 6.45) is 1.41. The Morgan fingerprint density at radius 3 is 2.63 bits per heavy atom. The zero-order valence-corrected chi connectivity index (χ0v) is 17.6. The molecule has 1 fully saturated rings. The molecule has 1 aliphatic rings. The number of carbonyl (C=O) groups is 2. The van der Waals surface area contributed by atoms with Gasteiger partial charge in [-0.3, -0.25) is 9.59 Å². The fraction of sp³-hybridized carbons (Fsp3) is 0.381. The lowest BCUT2D eigenvalue weighted by Crippen LogP contribution is -2.57. The fourth-order valence-corrected chi connectivity index (χ4v) is 4.18. The third-order valence-corrected chi connectivity index (χ3v) is 5.81. The highest BCUT2D eigenvalue weighted by molar-refractivity contribution is 6.27. The van der Waals surface area contributed by atoms with Crippen molar-refractivity contribution in [2.45, 2.75) is 38.1 Å². The smallest absolute Gasteiger partial charge is 0.291 e. The highest BCUT2D eigenvalue weighted by Crippen LogP contribution is 2.43. The number of hydrogen-bond acceptors (Lipinski definition) is 5. The molecule has 156 valence electrons. The largest absolute Gasteiger partial charge is 0.354 e. The Kier molecular flexibility index (Phi) is 5.42. The van der Waals surface area contributed by atoms with E-state index >= 15 is 0 Å². The van der Waals surface area contributed by atoms with E-state index in [4.69, 9.17) is 11.6 Å². The highest BCUT2D eigenvalue weighted by atomic mass is 35.5. The van der Waals surface area contributed by atoms with E-state index in [9.17, 15) is 9.59 Å². The van der Waals surface area contributed by atoms with E-state index in [1.54, 1.807) is 4.52 Å². The summed E-state index contributed by atoms with van der Waals surface area (Å²) in [7, 11) is 0. The van der Waals surface area contributed by atoms with Crippen molar-refractivity contribution in [2.75, 3.05) is 12.4 Å². The van der Waals surface area contributed by atoms with Gasteiger partial charge >= 0.3 is 0 Å². The van der Waals surface area contributed by atoms with Crippen LogP contribution in [-0.4, -0.2) is 49.9 Å². The number of aryl methyl sites for hydroxylation is 2. The first-order valence-corrected chi connectivity index (χ1v) is 10.3. The Morgan fingerprint density at radius 1 is 1.20 bits per heavy atom. The van der Waals surface area contributed by atoms with Crippen LogP contribution in [0.2, 0.25) is 0 Å². The van der Waals surface area contributed by atoms with Gasteiger partial charge in [0.25, 0.3) is 11.7 Å². The van der Waals surface area contributed by atoms with Crippen LogP contribution in [0.15, 0.2) is 36.4 Å². The average Bonchev–Trinajstić information content (AvgIpc) is 3.14. The molecule has 2 N–H and O–H groups in total. The SMILES string of the molecule is Cc1cc(C)n2nc(C(=O)NC3CC(CNC(=O)CCl)(c4ccccc4)C3)nc2n1. The van der Waals surface area contributed by atoms with Gasteiger partial charge in [-0.05, 0) is 38.3 Å². The number of benzene rings is 1. The number of aromatic nitrogens is 4. The number of fused-ring (bicyclic) bond motifs is 1. The maximum atomic E-state index is 12.7. The number of carbonyl (C=O) groups excluding carboxylic acids is 2. The van der Waals surface area contributed by atoms with Crippen molar-refractivity contribution in [3.63, 3.8) is 0 Å². The van der Waals surface area contributed by atoms with Gasteiger partial charge in [0.2, 0.25) is 11.7 Å². The summed E-state index contributed by atoms with van der Waals surface area (Å²) in [5.41, 5.74) is 2.59. The second-order valence-electron chi connectivity index (χ2n) is 7.82. The van der Waals surface area contributed by atoms with Gasteiger partial charge in [0.15, 0.2) is 0 Å². The zero-order chi connectivity index (χ0) is 21.3. The lowest BCUT2D eigenvalue weighted by atomic mass is 9.61. The second-order valence-corrected chi connectivity index (χ2v) is 8.09. The van der Waals surface area contributed by atoms with E-state index < -0.39 is 0 Å².